The molecule has 0 saturated heterocycles. The summed E-state index contributed by atoms with van der Waals surface area (Å²) in [7, 11) is 0.710. The summed E-state index contributed by atoms with van der Waals surface area (Å²) >= 11 is 0. The number of sulfonamides is 1. The first-order chi connectivity index (χ1) is 15.3. The third-order valence-electron chi connectivity index (χ3n) is 5.07. The van der Waals surface area contributed by atoms with Gasteiger partial charge in [0.05, 0.1) is 30.4 Å². The van der Waals surface area contributed by atoms with Crippen LogP contribution in [-0.4, -0.2) is 35.6 Å². The summed E-state index contributed by atoms with van der Waals surface area (Å²) in [5.74, 6) is 0.765. The Morgan fingerprint density at radius 2 is 1.59 bits per heavy atom. The number of anilines is 1. The minimum Gasteiger partial charge on any atom is -0.493 e. The highest BCUT2D eigenvalue weighted by atomic mass is 32.2. The highest BCUT2D eigenvalue weighted by Gasteiger charge is 2.25. The molecule has 8 heteroatoms. The van der Waals surface area contributed by atoms with Crippen molar-refractivity contribution < 1.29 is 22.7 Å². The van der Waals surface area contributed by atoms with Crippen molar-refractivity contribution in [2.24, 2.45) is 0 Å². The second kappa shape index (κ2) is 9.74. The van der Waals surface area contributed by atoms with Gasteiger partial charge in [0.2, 0.25) is 0 Å². The van der Waals surface area contributed by atoms with Crippen molar-refractivity contribution in [3.63, 3.8) is 0 Å². The molecule has 0 aromatic heterocycles. The average molecular weight is 455 g/mol. The number of rotatable bonds is 8. The molecule has 0 fully saturated rings. The zero-order valence-corrected chi connectivity index (χ0v) is 19.3. The first-order valence-corrected chi connectivity index (χ1v) is 11.4. The van der Waals surface area contributed by atoms with Crippen LogP contribution in [0.25, 0.3) is 0 Å². The molecule has 1 N–H and O–H groups in total. The van der Waals surface area contributed by atoms with Gasteiger partial charge in [-0.05, 0) is 48.9 Å². The number of carbonyl (C=O) groups excluding carboxylic acids is 1. The topological polar surface area (TPSA) is 84.9 Å². The smallest absolute Gasteiger partial charge is 0.264 e. The molecule has 0 heterocycles. The number of para-hydroxylation sites is 1. The lowest BCUT2D eigenvalue weighted by Crippen LogP contribution is -2.30. The third kappa shape index (κ3) is 4.86. The van der Waals surface area contributed by atoms with E-state index in [1.165, 1.54) is 7.05 Å². The van der Waals surface area contributed by atoms with Gasteiger partial charge in [0.1, 0.15) is 0 Å². The number of methoxy groups -OCH3 is 2. The summed E-state index contributed by atoms with van der Waals surface area (Å²) < 4.78 is 37.8. The Hall–Kier alpha value is -3.52. The van der Waals surface area contributed by atoms with Crippen LogP contribution in [0.3, 0.4) is 0 Å². The van der Waals surface area contributed by atoms with Gasteiger partial charge >= 0.3 is 0 Å². The lowest BCUT2D eigenvalue weighted by atomic mass is 10.1. The molecule has 3 aromatic carbocycles. The van der Waals surface area contributed by atoms with Gasteiger partial charge in [0.25, 0.3) is 15.9 Å². The summed E-state index contributed by atoms with van der Waals surface area (Å²) in [5, 5.41) is 2.84. The quantitative estimate of drug-likeness (QED) is 0.560. The maximum atomic E-state index is 13.1. The van der Waals surface area contributed by atoms with Crippen LogP contribution in [0.4, 0.5) is 5.69 Å². The van der Waals surface area contributed by atoms with Crippen molar-refractivity contribution in [2.45, 2.75) is 18.4 Å². The highest BCUT2D eigenvalue weighted by molar-refractivity contribution is 7.92. The normalized spacial score (nSPS) is 11.0. The van der Waals surface area contributed by atoms with E-state index in [0.717, 1.165) is 15.4 Å². The second-order valence-corrected chi connectivity index (χ2v) is 9.14. The van der Waals surface area contributed by atoms with E-state index in [2.05, 4.69) is 5.32 Å². The number of hydrogen-bond acceptors (Lipinski definition) is 5. The summed E-state index contributed by atoms with van der Waals surface area (Å²) in [6.07, 6.45) is 0. The summed E-state index contributed by atoms with van der Waals surface area (Å²) in [6.45, 7) is 2.13. The number of amides is 1. The van der Waals surface area contributed by atoms with Crippen molar-refractivity contribution in [1.82, 2.24) is 5.32 Å². The van der Waals surface area contributed by atoms with Gasteiger partial charge in [-0.25, -0.2) is 8.42 Å². The minimum atomic E-state index is -3.83. The van der Waals surface area contributed by atoms with Crippen LogP contribution in [0.2, 0.25) is 0 Å². The van der Waals surface area contributed by atoms with E-state index in [1.807, 2.05) is 13.0 Å². The maximum Gasteiger partial charge on any atom is 0.264 e. The number of hydrogen-bond donors (Lipinski definition) is 1. The zero-order chi connectivity index (χ0) is 23.3. The van der Waals surface area contributed by atoms with Crippen molar-refractivity contribution in [3.8, 4) is 11.5 Å². The molecule has 168 valence electrons. The first-order valence-electron chi connectivity index (χ1n) is 9.91. The van der Waals surface area contributed by atoms with E-state index in [-0.39, 0.29) is 28.6 Å². The molecule has 0 aliphatic carbocycles. The Kier molecular flexibility index (Phi) is 7.05. The van der Waals surface area contributed by atoms with E-state index in [9.17, 15) is 13.2 Å². The largest absolute Gasteiger partial charge is 0.493 e. The van der Waals surface area contributed by atoms with Crippen LogP contribution < -0.4 is 19.1 Å². The van der Waals surface area contributed by atoms with Gasteiger partial charge in [-0.2, -0.15) is 0 Å². The van der Waals surface area contributed by atoms with Gasteiger partial charge in [0, 0.05) is 13.6 Å². The second-order valence-electron chi connectivity index (χ2n) is 7.17. The fourth-order valence-electron chi connectivity index (χ4n) is 3.21. The van der Waals surface area contributed by atoms with Crippen molar-refractivity contribution in [2.75, 3.05) is 25.6 Å². The SMILES string of the molecule is COc1ccc(CNC(=O)c2ccccc2N(C)S(=O)(=O)c2ccc(C)cc2)cc1OC. The molecule has 32 heavy (non-hydrogen) atoms. The van der Waals surface area contributed by atoms with E-state index in [1.54, 1.807) is 74.9 Å². The van der Waals surface area contributed by atoms with Crippen LogP contribution in [0.5, 0.6) is 11.5 Å². The van der Waals surface area contributed by atoms with Gasteiger partial charge < -0.3 is 14.8 Å². The lowest BCUT2D eigenvalue weighted by Gasteiger charge is -2.22. The summed E-state index contributed by atoms with van der Waals surface area (Å²) in [4.78, 5) is 13.1. The molecule has 1 amide bonds. The summed E-state index contributed by atoms with van der Waals surface area (Å²) in [6, 6.07) is 18.5. The molecular formula is C24H26N2O5S. The highest BCUT2D eigenvalue weighted by Crippen LogP contribution is 2.28. The van der Waals surface area contributed by atoms with E-state index < -0.39 is 10.0 Å². The number of carbonyl (C=O) groups is 1. The molecule has 0 aliphatic heterocycles. The predicted molar refractivity (Wildman–Crippen MR) is 124 cm³/mol. The fourth-order valence-corrected chi connectivity index (χ4v) is 4.42. The van der Waals surface area contributed by atoms with Gasteiger partial charge in [-0.3, -0.25) is 9.10 Å². The molecule has 0 spiro atoms. The fraction of sp³-hybridized carbons (Fsp3) is 0.208. The van der Waals surface area contributed by atoms with Crippen LogP contribution in [0, 0.1) is 6.92 Å². The molecule has 0 bridgehead atoms. The van der Waals surface area contributed by atoms with Crippen molar-refractivity contribution in [1.29, 1.82) is 0 Å². The molecule has 7 nitrogen and oxygen atoms in total. The van der Waals surface area contributed by atoms with Crippen molar-refractivity contribution in [3.05, 3.63) is 83.4 Å². The molecular weight excluding hydrogens is 428 g/mol. The van der Waals surface area contributed by atoms with Crippen molar-refractivity contribution >= 4 is 21.6 Å². The Morgan fingerprint density at radius 1 is 0.938 bits per heavy atom. The summed E-state index contributed by atoms with van der Waals surface area (Å²) in [5.41, 5.74) is 2.32. The number of nitrogens with zero attached hydrogens (tertiary/aromatic N) is 1. The molecule has 0 aliphatic rings. The Morgan fingerprint density at radius 3 is 2.25 bits per heavy atom. The van der Waals surface area contributed by atoms with Gasteiger partial charge in [-0.15, -0.1) is 0 Å². The Bertz CT molecular complexity index is 1210. The van der Waals surface area contributed by atoms with Crippen LogP contribution in [0.1, 0.15) is 21.5 Å². The van der Waals surface area contributed by atoms with Crippen LogP contribution in [-0.2, 0) is 16.6 Å². The maximum absolute atomic E-state index is 13.1. The number of benzene rings is 3. The van der Waals surface area contributed by atoms with Gasteiger partial charge in [0.15, 0.2) is 11.5 Å². The molecule has 3 rings (SSSR count). The number of ether oxygens (including phenoxy) is 2. The molecule has 0 unspecified atom stereocenters. The Labute approximate surface area is 188 Å². The average Bonchev–Trinajstić information content (AvgIpc) is 2.82. The van der Waals surface area contributed by atoms with E-state index in [0.29, 0.717) is 11.5 Å². The third-order valence-corrected chi connectivity index (χ3v) is 6.85. The van der Waals surface area contributed by atoms with Crippen LogP contribution in [0.15, 0.2) is 71.6 Å². The zero-order valence-electron chi connectivity index (χ0n) is 18.5. The standard InChI is InChI=1S/C24H26N2O5S/c1-17-9-12-19(13-10-17)32(28,29)26(2)21-8-6-5-7-20(21)24(27)25-16-18-11-14-22(30-3)23(15-18)31-4/h5-15H,16H2,1-4H3,(H,25,27). The monoisotopic (exact) mass is 454 g/mol. The molecule has 0 radical (unpaired) electrons. The first kappa shape index (κ1) is 23.1. The number of nitrogens with one attached hydrogen (secondary N) is 1. The van der Waals surface area contributed by atoms with Gasteiger partial charge in [-0.1, -0.05) is 35.9 Å². The number of aryl methyl sites for hydroxylation is 1. The Balaban J connectivity index is 1.83. The lowest BCUT2D eigenvalue weighted by molar-refractivity contribution is 0.0951. The minimum absolute atomic E-state index is 0.158. The van der Waals surface area contributed by atoms with E-state index in [4.69, 9.17) is 9.47 Å². The molecule has 0 saturated carbocycles. The van der Waals surface area contributed by atoms with E-state index >= 15 is 0 Å². The van der Waals surface area contributed by atoms with Crippen LogP contribution >= 0.6 is 0 Å². The predicted octanol–water partition coefficient (Wildman–Crippen LogP) is 3.77. The molecule has 0 atom stereocenters. The molecule has 3 aromatic rings.